The third-order valence-corrected chi connectivity index (χ3v) is 6.19. The molecule has 2 heterocycles. The van der Waals surface area contributed by atoms with E-state index in [-0.39, 0.29) is 0 Å². The van der Waals surface area contributed by atoms with Gasteiger partial charge in [0.1, 0.15) is 0 Å². The zero-order chi connectivity index (χ0) is 14.9. The fraction of sp³-hybridized carbons (Fsp3) is 0.600. The third kappa shape index (κ3) is 2.93. The highest BCUT2D eigenvalue weighted by Gasteiger charge is 2.29. The largest absolute Gasteiger partial charge is 0.384 e. The van der Waals surface area contributed by atoms with E-state index in [2.05, 4.69) is 17.1 Å². The molecule has 2 aliphatic heterocycles. The van der Waals surface area contributed by atoms with Crippen LogP contribution in [0.1, 0.15) is 18.9 Å². The van der Waals surface area contributed by atoms with E-state index in [9.17, 15) is 8.42 Å². The van der Waals surface area contributed by atoms with Crippen molar-refractivity contribution < 1.29 is 8.42 Å². The maximum absolute atomic E-state index is 12.7. The minimum atomic E-state index is -3.36. The van der Waals surface area contributed by atoms with Gasteiger partial charge in [0.25, 0.3) is 0 Å². The highest BCUT2D eigenvalue weighted by molar-refractivity contribution is 7.89. The molecular weight excluding hydrogens is 286 g/mol. The van der Waals surface area contributed by atoms with Gasteiger partial charge in [-0.15, -0.1) is 0 Å². The first-order chi connectivity index (χ1) is 10.1. The first-order valence-corrected chi connectivity index (χ1v) is 9.14. The summed E-state index contributed by atoms with van der Waals surface area (Å²) in [6.45, 7) is 6.94. The molecule has 1 fully saturated rings. The van der Waals surface area contributed by atoms with Crippen LogP contribution in [0.15, 0.2) is 23.1 Å². The molecule has 0 atom stereocenters. The Morgan fingerprint density at radius 3 is 2.67 bits per heavy atom. The van der Waals surface area contributed by atoms with Gasteiger partial charge in [0.2, 0.25) is 10.0 Å². The van der Waals surface area contributed by atoms with Crippen LogP contribution in [0.3, 0.4) is 0 Å². The van der Waals surface area contributed by atoms with Crippen molar-refractivity contribution in [2.24, 2.45) is 0 Å². The van der Waals surface area contributed by atoms with Crippen molar-refractivity contribution in [3.05, 3.63) is 23.8 Å². The standard InChI is InChI=1S/C15H23N3O2S/c1-2-7-17-8-10-18(11-9-17)21(19,20)14-4-3-13-5-6-16-15(13)12-14/h3-4,12,16H,2,5-11H2,1H3. The predicted octanol–water partition coefficient (Wildman–Crippen LogP) is 1.37. The zero-order valence-corrected chi connectivity index (χ0v) is 13.3. The second kappa shape index (κ2) is 5.94. The molecule has 2 aliphatic rings. The second-order valence-corrected chi connectivity index (χ2v) is 7.68. The van der Waals surface area contributed by atoms with Gasteiger partial charge in [-0.3, -0.25) is 0 Å². The Morgan fingerprint density at radius 1 is 1.19 bits per heavy atom. The highest BCUT2D eigenvalue weighted by Crippen LogP contribution is 2.27. The van der Waals surface area contributed by atoms with E-state index in [4.69, 9.17) is 0 Å². The topological polar surface area (TPSA) is 52.7 Å². The van der Waals surface area contributed by atoms with Crippen molar-refractivity contribution in [2.45, 2.75) is 24.7 Å². The van der Waals surface area contributed by atoms with Gasteiger partial charge in [0, 0.05) is 38.4 Å². The number of anilines is 1. The van der Waals surface area contributed by atoms with Crippen LogP contribution in [0.4, 0.5) is 5.69 Å². The van der Waals surface area contributed by atoms with Crippen LogP contribution >= 0.6 is 0 Å². The predicted molar refractivity (Wildman–Crippen MR) is 84.1 cm³/mol. The van der Waals surface area contributed by atoms with Gasteiger partial charge in [-0.05, 0) is 37.1 Å². The van der Waals surface area contributed by atoms with Crippen molar-refractivity contribution >= 4 is 15.7 Å². The summed E-state index contributed by atoms with van der Waals surface area (Å²) in [5.41, 5.74) is 2.18. The Labute approximate surface area is 127 Å². The molecule has 0 aliphatic carbocycles. The Morgan fingerprint density at radius 2 is 1.95 bits per heavy atom. The molecule has 6 heteroatoms. The van der Waals surface area contributed by atoms with Gasteiger partial charge in [-0.1, -0.05) is 13.0 Å². The third-order valence-electron chi connectivity index (χ3n) is 4.30. The lowest BCUT2D eigenvalue weighted by atomic mass is 10.2. The molecule has 1 N–H and O–H groups in total. The average molecular weight is 309 g/mol. The van der Waals surface area contributed by atoms with E-state index in [1.54, 1.807) is 16.4 Å². The van der Waals surface area contributed by atoms with E-state index in [0.717, 1.165) is 44.7 Å². The number of nitrogens with zero attached hydrogens (tertiary/aromatic N) is 2. The number of fused-ring (bicyclic) bond motifs is 1. The molecule has 0 unspecified atom stereocenters. The summed E-state index contributed by atoms with van der Waals surface area (Å²) in [6.07, 6.45) is 2.09. The number of benzene rings is 1. The van der Waals surface area contributed by atoms with Crippen molar-refractivity contribution in [1.29, 1.82) is 0 Å². The summed E-state index contributed by atoms with van der Waals surface area (Å²) in [5.74, 6) is 0. The van der Waals surface area contributed by atoms with Crippen molar-refractivity contribution in [1.82, 2.24) is 9.21 Å². The van der Waals surface area contributed by atoms with Crippen LogP contribution in [-0.4, -0.2) is 56.9 Å². The molecule has 1 aromatic carbocycles. The van der Waals surface area contributed by atoms with Gasteiger partial charge in [0.15, 0.2) is 0 Å². The van der Waals surface area contributed by atoms with Crippen molar-refractivity contribution in [3.63, 3.8) is 0 Å². The van der Waals surface area contributed by atoms with E-state index < -0.39 is 10.0 Å². The van der Waals surface area contributed by atoms with Gasteiger partial charge in [-0.25, -0.2) is 8.42 Å². The Hall–Kier alpha value is -1.11. The van der Waals surface area contributed by atoms with Gasteiger partial charge in [-0.2, -0.15) is 4.31 Å². The number of rotatable bonds is 4. The Bertz CT molecular complexity index is 607. The second-order valence-electron chi connectivity index (χ2n) is 5.74. The summed E-state index contributed by atoms with van der Waals surface area (Å²) in [7, 11) is -3.36. The summed E-state index contributed by atoms with van der Waals surface area (Å²) >= 11 is 0. The van der Waals surface area contributed by atoms with Crippen molar-refractivity contribution in [2.75, 3.05) is 44.6 Å². The molecular formula is C15H23N3O2S. The molecule has 0 bridgehead atoms. The monoisotopic (exact) mass is 309 g/mol. The first kappa shape index (κ1) is 14.8. The molecule has 1 aromatic rings. The maximum atomic E-state index is 12.7. The summed E-state index contributed by atoms with van der Waals surface area (Å²) in [4.78, 5) is 2.75. The van der Waals surface area contributed by atoms with Crippen molar-refractivity contribution in [3.8, 4) is 0 Å². The minimum absolute atomic E-state index is 0.416. The lowest BCUT2D eigenvalue weighted by Gasteiger charge is -2.33. The van der Waals surface area contributed by atoms with E-state index in [1.165, 1.54) is 5.56 Å². The average Bonchev–Trinajstić information content (AvgIpc) is 2.95. The molecule has 3 rings (SSSR count). The molecule has 0 radical (unpaired) electrons. The Kier molecular flexibility index (Phi) is 4.19. The lowest BCUT2D eigenvalue weighted by Crippen LogP contribution is -2.48. The van der Waals surface area contributed by atoms with Crippen LogP contribution in [0.25, 0.3) is 0 Å². The maximum Gasteiger partial charge on any atom is 0.243 e. The van der Waals surface area contributed by atoms with Crippen LogP contribution in [0, 0.1) is 0 Å². The van der Waals surface area contributed by atoms with Gasteiger partial charge < -0.3 is 10.2 Å². The summed E-state index contributed by atoms with van der Waals surface area (Å²) in [6, 6.07) is 5.48. The smallest absolute Gasteiger partial charge is 0.243 e. The Balaban J connectivity index is 1.75. The summed E-state index contributed by atoms with van der Waals surface area (Å²) < 4.78 is 27.1. The lowest BCUT2D eigenvalue weighted by molar-refractivity contribution is 0.188. The SMILES string of the molecule is CCCN1CCN(S(=O)(=O)c2ccc3c(c2)NCC3)CC1. The number of sulfonamides is 1. The fourth-order valence-corrected chi connectivity index (χ4v) is 4.54. The number of nitrogens with one attached hydrogen (secondary N) is 1. The molecule has 0 saturated carbocycles. The highest BCUT2D eigenvalue weighted by atomic mass is 32.2. The van der Waals surface area contributed by atoms with Crippen LogP contribution < -0.4 is 5.32 Å². The molecule has 1 saturated heterocycles. The van der Waals surface area contributed by atoms with Crippen LogP contribution in [0.5, 0.6) is 0 Å². The first-order valence-electron chi connectivity index (χ1n) is 7.70. The minimum Gasteiger partial charge on any atom is -0.384 e. The zero-order valence-electron chi connectivity index (χ0n) is 12.5. The molecule has 0 aromatic heterocycles. The molecule has 5 nitrogen and oxygen atoms in total. The molecule has 116 valence electrons. The number of hydrogen-bond acceptors (Lipinski definition) is 4. The van der Waals surface area contributed by atoms with Crippen LogP contribution in [-0.2, 0) is 16.4 Å². The summed E-state index contributed by atoms with van der Waals surface area (Å²) in [5, 5.41) is 3.25. The fourth-order valence-electron chi connectivity index (χ4n) is 3.09. The van der Waals surface area contributed by atoms with E-state index in [1.807, 2.05) is 6.07 Å². The van der Waals surface area contributed by atoms with Gasteiger partial charge in [0.05, 0.1) is 4.90 Å². The van der Waals surface area contributed by atoms with E-state index >= 15 is 0 Å². The molecule has 0 spiro atoms. The van der Waals surface area contributed by atoms with Gasteiger partial charge >= 0.3 is 0 Å². The number of hydrogen-bond donors (Lipinski definition) is 1. The quantitative estimate of drug-likeness (QED) is 0.913. The van der Waals surface area contributed by atoms with E-state index in [0.29, 0.717) is 18.0 Å². The normalized spacial score (nSPS) is 20.2. The molecule has 0 amide bonds. The molecule has 21 heavy (non-hydrogen) atoms. The number of piperazine rings is 1. The van der Waals surface area contributed by atoms with Crippen LogP contribution in [0.2, 0.25) is 0 Å².